The van der Waals surface area contributed by atoms with Crippen molar-refractivity contribution in [3.8, 4) is 0 Å². The van der Waals surface area contributed by atoms with Gasteiger partial charge in [-0.25, -0.2) is 0 Å². The van der Waals surface area contributed by atoms with Gasteiger partial charge in [-0.1, -0.05) is 26.2 Å². The minimum Gasteiger partial charge on any atom is -0.0594 e. The molecule has 2 fully saturated rings. The first kappa shape index (κ1) is 6.69. The molecule has 10 heavy (non-hydrogen) atoms. The summed E-state index contributed by atoms with van der Waals surface area (Å²) < 4.78 is 0. The lowest BCUT2D eigenvalue weighted by atomic mass is 9.70. The molecular weight excluding hydrogens is 120 g/mol. The van der Waals surface area contributed by atoms with Crippen molar-refractivity contribution in [2.75, 3.05) is 0 Å². The predicted molar refractivity (Wildman–Crippen MR) is 43.9 cm³/mol. The van der Waals surface area contributed by atoms with Gasteiger partial charge in [-0.05, 0) is 37.0 Å². The van der Waals surface area contributed by atoms with E-state index in [-0.39, 0.29) is 0 Å². The second-order valence-corrected chi connectivity index (χ2v) is 4.49. The maximum absolute atomic E-state index is 2.52. The second-order valence-electron chi connectivity index (χ2n) is 4.49. The van der Waals surface area contributed by atoms with Gasteiger partial charge >= 0.3 is 0 Å². The maximum Gasteiger partial charge on any atom is -0.0298 e. The summed E-state index contributed by atoms with van der Waals surface area (Å²) in [5.74, 6) is 1.11. The van der Waals surface area contributed by atoms with E-state index in [9.17, 15) is 0 Å². The highest BCUT2D eigenvalue weighted by molar-refractivity contribution is 4.90. The molecule has 2 aliphatic carbocycles. The number of hydrogen-bond donors (Lipinski definition) is 0. The summed E-state index contributed by atoms with van der Waals surface area (Å²) in [5, 5.41) is 0. The van der Waals surface area contributed by atoms with E-state index in [1.807, 2.05) is 0 Å². The normalized spacial score (nSPS) is 47.1. The zero-order valence-corrected chi connectivity index (χ0v) is 7.03. The van der Waals surface area contributed by atoms with Gasteiger partial charge in [0.05, 0.1) is 0 Å². The van der Waals surface area contributed by atoms with Crippen LogP contribution in [0.5, 0.6) is 0 Å². The van der Waals surface area contributed by atoms with Gasteiger partial charge in [0.15, 0.2) is 0 Å². The summed E-state index contributed by atoms with van der Waals surface area (Å²) in [5.41, 5.74) is 0.790. The molecule has 0 nitrogen and oxygen atoms in total. The molecule has 0 aliphatic heterocycles. The lowest BCUT2D eigenvalue weighted by molar-refractivity contribution is 0.153. The Bertz CT molecular complexity index is 128. The molecule has 2 aliphatic rings. The van der Waals surface area contributed by atoms with Crippen molar-refractivity contribution in [1.29, 1.82) is 0 Å². The molecule has 1 unspecified atom stereocenters. The number of fused-ring (bicyclic) bond motifs is 1. The van der Waals surface area contributed by atoms with E-state index < -0.39 is 0 Å². The Labute approximate surface area is 64.0 Å². The molecule has 0 heteroatoms. The maximum atomic E-state index is 2.52. The molecule has 0 aromatic rings. The predicted octanol–water partition coefficient (Wildman–Crippen LogP) is 3.37. The largest absolute Gasteiger partial charge is 0.0594 e. The van der Waals surface area contributed by atoms with Crippen LogP contribution in [0.4, 0.5) is 0 Å². The summed E-state index contributed by atoms with van der Waals surface area (Å²) in [7, 11) is 0. The monoisotopic (exact) mass is 138 g/mol. The highest BCUT2D eigenvalue weighted by Crippen LogP contribution is 2.51. The van der Waals surface area contributed by atoms with Gasteiger partial charge in [0, 0.05) is 0 Å². The second kappa shape index (κ2) is 2.25. The van der Waals surface area contributed by atoms with Gasteiger partial charge in [0.1, 0.15) is 0 Å². The fourth-order valence-corrected chi connectivity index (χ4v) is 3.05. The quantitative estimate of drug-likeness (QED) is 0.481. The number of rotatable bonds is 0. The van der Waals surface area contributed by atoms with Gasteiger partial charge in [0.25, 0.3) is 0 Å². The molecule has 0 aromatic carbocycles. The zero-order chi connectivity index (χ0) is 7.03. The lowest BCUT2D eigenvalue weighted by Gasteiger charge is -2.36. The highest BCUT2D eigenvalue weighted by Gasteiger charge is 2.39. The summed E-state index contributed by atoms with van der Waals surface area (Å²) in [6.07, 6.45) is 10.7. The first-order chi connectivity index (χ1) is 4.81. The minimum absolute atomic E-state index is 0.790. The molecular formula is C10H18. The molecule has 0 heterocycles. The van der Waals surface area contributed by atoms with E-state index in [4.69, 9.17) is 0 Å². The summed E-state index contributed by atoms with van der Waals surface area (Å²) in [6, 6.07) is 0. The van der Waals surface area contributed by atoms with Crippen molar-refractivity contribution >= 4 is 0 Å². The smallest absolute Gasteiger partial charge is 0.0298 e. The van der Waals surface area contributed by atoms with Gasteiger partial charge < -0.3 is 0 Å². The Morgan fingerprint density at radius 3 is 2.50 bits per heavy atom. The van der Waals surface area contributed by atoms with E-state index in [1.165, 1.54) is 44.9 Å². The fraction of sp³-hybridized carbons (Fsp3) is 1.00. The van der Waals surface area contributed by atoms with Crippen LogP contribution in [0.15, 0.2) is 0 Å². The van der Waals surface area contributed by atoms with Crippen LogP contribution in [-0.2, 0) is 0 Å². The van der Waals surface area contributed by atoms with E-state index in [1.54, 1.807) is 0 Å². The molecule has 0 saturated heterocycles. The topological polar surface area (TPSA) is 0 Å². The van der Waals surface area contributed by atoms with Crippen molar-refractivity contribution in [2.24, 2.45) is 11.3 Å². The molecule has 0 spiro atoms. The highest BCUT2D eigenvalue weighted by atomic mass is 14.4. The first-order valence-corrected chi connectivity index (χ1v) is 4.81. The number of hydrogen-bond acceptors (Lipinski definition) is 0. The van der Waals surface area contributed by atoms with Crippen LogP contribution in [0.3, 0.4) is 0 Å². The third-order valence-electron chi connectivity index (χ3n) is 3.84. The molecule has 0 aromatic heterocycles. The minimum atomic E-state index is 0.790. The van der Waals surface area contributed by atoms with Crippen LogP contribution < -0.4 is 0 Å². The van der Waals surface area contributed by atoms with Crippen molar-refractivity contribution in [3.63, 3.8) is 0 Å². The molecule has 0 N–H and O–H groups in total. The molecule has 2 atom stereocenters. The van der Waals surface area contributed by atoms with Crippen LogP contribution in [0.1, 0.15) is 51.9 Å². The van der Waals surface area contributed by atoms with Crippen LogP contribution in [0, 0.1) is 11.3 Å². The van der Waals surface area contributed by atoms with E-state index in [2.05, 4.69) is 6.92 Å². The fourth-order valence-electron chi connectivity index (χ4n) is 3.05. The summed E-state index contributed by atoms with van der Waals surface area (Å²) >= 11 is 0. The van der Waals surface area contributed by atoms with Crippen LogP contribution in [0.2, 0.25) is 0 Å². The Kier molecular flexibility index (Phi) is 1.51. The third kappa shape index (κ3) is 0.889. The molecule has 0 amide bonds. The molecule has 58 valence electrons. The van der Waals surface area contributed by atoms with Crippen LogP contribution in [-0.4, -0.2) is 0 Å². The Morgan fingerprint density at radius 1 is 1.00 bits per heavy atom. The van der Waals surface area contributed by atoms with Crippen molar-refractivity contribution in [1.82, 2.24) is 0 Å². The Morgan fingerprint density at radius 2 is 1.70 bits per heavy atom. The Hall–Kier alpha value is 0. The van der Waals surface area contributed by atoms with Gasteiger partial charge in [-0.15, -0.1) is 0 Å². The Balaban J connectivity index is 2.10. The summed E-state index contributed by atoms with van der Waals surface area (Å²) in [4.78, 5) is 0. The standard InChI is InChI=1S/C10H18/c1-10-7-3-2-5-9(10)6-4-8-10/h9H,2-8H2,1H3/t9?,10-/m0/s1. The zero-order valence-electron chi connectivity index (χ0n) is 7.03. The molecule has 2 saturated carbocycles. The van der Waals surface area contributed by atoms with Gasteiger partial charge in [-0.3, -0.25) is 0 Å². The van der Waals surface area contributed by atoms with Crippen molar-refractivity contribution in [2.45, 2.75) is 51.9 Å². The summed E-state index contributed by atoms with van der Waals surface area (Å²) in [6.45, 7) is 2.52. The average molecular weight is 138 g/mol. The van der Waals surface area contributed by atoms with Crippen molar-refractivity contribution < 1.29 is 0 Å². The third-order valence-corrected chi connectivity index (χ3v) is 3.84. The lowest BCUT2D eigenvalue weighted by Crippen LogP contribution is -2.25. The van der Waals surface area contributed by atoms with E-state index >= 15 is 0 Å². The molecule has 0 radical (unpaired) electrons. The SMILES string of the molecule is C[C@@]12CCCCC1CCC2. The first-order valence-electron chi connectivity index (χ1n) is 4.81. The van der Waals surface area contributed by atoms with Crippen LogP contribution >= 0.6 is 0 Å². The van der Waals surface area contributed by atoms with E-state index in [0.717, 1.165) is 11.3 Å². The van der Waals surface area contributed by atoms with Gasteiger partial charge in [-0.2, -0.15) is 0 Å². The van der Waals surface area contributed by atoms with E-state index in [0.29, 0.717) is 0 Å². The van der Waals surface area contributed by atoms with Crippen LogP contribution in [0.25, 0.3) is 0 Å². The average Bonchev–Trinajstić information content (AvgIpc) is 2.29. The molecule has 0 bridgehead atoms. The van der Waals surface area contributed by atoms with Crippen molar-refractivity contribution in [3.05, 3.63) is 0 Å². The molecule has 2 rings (SSSR count). The van der Waals surface area contributed by atoms with Gasteiger partial charge in [0.2, 0.25) is 0 Å².